The van der Waals surface area contributed by atoms with E-state index in [1.807, 2.05) is 30.3 Å². The zero-order valence-electron chi connectivity index (χ0n) is 12.3. The fourth-order valence-electron chi connectivity index (χ4n) is 2.89. The lowest BCUT2D eigenvalue weighted by atomic mass is 9.95. The van der Waals surface area contributed by atoms with Crippen LogP contribution in [-0.4, -0.2) is 33.9 Å². The van der Waals surface area contributed by atoms with Crippen LogP contribution < -0.4 is 0 Å². The highest BCUT2D eigenvalue weighted by atomic mass is 32.1. The van der Waals surface area contributed by atoms with E-state index in [0.717, 1.165) is 41.5 Å². The summed E-state index contributed by atoms with van der Waals surface area (Å²) in [4.78, 5) is 24.2. The second kappa shape index (κ2) is 6.23. The van der Waals surface area contributed by atoms with Crippen molar-refractivity contribution >= 4 is 28.6 Å². The molecule has 0 bridgehead atoms. The van der Waals surface area contributed by atoms with Gasteiger partial charge in [0.15, 0.2) is 0 Å². The fraction of sp³-hybridized carbons (Fsp3) is 0.533. The summed E-state index contributed by atoms with van der Waals surface area (Å²) in [5.41, 5.74) is 0.865. The minimum atomic E-state index is 0.155. The van der Waals surface area contributed by atoms with Crippen molar-refractivity contribution in [1.29, 1.82) is 0 Å². The van der Waals surface area contributed by atoms with Gasteiger partial charge in [-0.25, -0.2) is 9.97 Å². The number of hydrogen-bond acceptors (Lipinski definition) is 5. The summed E-state index contributed by atoms with van der Waals surface area (Å²) in [6, 6.07) is 0. The van der Waals surface area contributed by atoms with Crippen molar-refractivity contribution in [1.82, 2.24) is 14.9 Å². The summed E-state index contributed by atoms with van der Waals surface area (Å²) >= 11 is 3.22. The maximum Gasteiger partial charge on any atom is 0.265 e. The molecule has 0 aliphatic carbocycles. The molecule has 0 spiro atoms. The average molecular weight is 321 g/mol. The van der Waals surface area contributed by atoms with Crippen LogP contribution in [0.15, 0.2) is 11.6 Å². The van der Waals surface area contributed by atoms with E-state index in [1.165, 1.54) is 22.8 Å². The predicted molar refractivity (Wildman–Crippen MR) is 86.0 cm³/mol. The molecule has 2 aromatic heterocycles. The monoisotopic (exact) mass is 321 g/mol. The third-order valence-electron chi connectivity index (χ3n) is 3.85. The molecule has 0 radical (unpaired) electrons. The van der Waals surface area contributed by atoms with Crippen LogP contribution in [0.25, 0.3) is 0 Å². The van der Waals surface area contributed by atoms with Crippen LogP contribution in [0.2, 0.25) is 0 Å². The first-order chi connectivity index (χ1) is 10.1. The zero-order valence-corrected chi connectivity index (χ0v) is 14.0. The molecule has 1 aliphatic heterocycles. The quantitative estimate of drug-likeness (QED) is 0.871. The number of aryl methyl sites for hydroxylation is 2. The first-order valence-electron chi connectivity index (χ1n) is 7.25. The molecule has 1 atom stereocenters. The Bertz CT molecular complexity index is 621. The van der Waals surface area contributed by atoms with Gasteiger partial charge in [0.1, 0.15) is 4.88 Å². The van der Waals surface area contributed by atoms with Gasteiger partial charge < -0.3 is 4.90 Å². The summed E-state index contributed by atoms with van der Waals surface area (Å²) in [6.45, 7) is 5.59. The maximum atomic E-state index is 12.7. The van der Waals surface area contributed by atoms with E-state index >= 15 is 0 Å². The van der Waals surface area contributed by atoms with Gasteiger partial charge in [0, 0.05) is 31.1 Å². The van der Waals surface area contributed by atoms with E-state index in [4.69, 9.17) is 0 Å². The van der Waals surface area contributed by atoms with Crippen molar-refractivity contribution in [2.24, 2.45) is 5.92 Å². The Morgan fingerprint density at radius 1 is 1.48 bits per heavy atom. The summed E-state index contributed by atoms with van der Waals surface area (Å²) in [6.07, 6.45) is 5.11. The third-order valence-corrected chi connectivity index (χ3v) is 5.71. The molecule has 3 rings (SSSR count). The van der Waals surface area contributed by atoms with Gasteiger partial charge in [-0.2, -0.15) is 0 Å². The van der Waals surface area contributed by atoms with Gasteiger partial charge in [0.25, 0.3) is 5.91 Å². The van der Waals surface area contributed by atoms with Crippen molar-refractivity contribution in [3.63, 3.8) is 0 Å². The van der Waals surface area contributed by atoms with Gasteiger partial charge in [-0.15, -0.1) is 22.7 Å². The van der Waals surface area contributed by atoms with Crippen LogP contribution >= 0.6 is 22.7 Å². The number of hydrogen-bond donors (Lipinski definition) is 0. The largest absolute Gasteiger partial charge is 0.338 e. The van der Waals surface area contributed by atoms with Gasteiger partial charge in [-0.05, 0) is 32.6 Å². The highest BCUT2D eigenvalue weighted by Crippen LogP contribution is 2.25. The van der Waals surface area contributed by atoms with Crippen LogP contribution in [0.1, 0.15) is 38.2 Å². The topological polar surface area (TPSA) is 46.1 Å². The number of carbonyl (C=O) groups excluding carboxylic acids is 1. The second-order valence-corrected chi connectivity index (χ2v) is 7.72. The van der Waals surface area contributed by atoms with Crippen molar-refractivity contribution in [3.05, 3.63) is 32.2 Å². The van der Waals surface area contributed by atoms with E-state index in [0.29, 0.717) is 5.92 Å². The van der Waals surface area contributed by atoms with E-state index in [1.54, 1.807) is 11.3 Å². The lowest BCUT2D eigenvalue weighted by Gasteiger charge is -2.32. The highest BCUT2D eigenvalue weighted by Gasteiger charge is 2.27. The first kappa shape index (κ1) is 14.7. The Morgan fingerprint density at radius 2 is 2.33 bits per heavy atom. The number of thiazole rings is 2. The van der Waals surface area contributed by atoms with Crippen LogP contribution in [0.5, 0.6) is 0 Å². The number of nitrogens with zero attached hydrogens (tertiary/aromatic N) is 3. The van der Waals surface area contributed by atoms with Gasteiger partial charge in [0.2, 0.25) is 0 Å². The van der Waals surface area contributed by atoms with Crippen LogP contribution in [0, 0.1) is 19.8 Å². The molecule has 2 aromatic rings. The Hall–Kier alpha value is -1.27. The maximum absolute atomic E-state index is 12.7. The predicted octanol–water partition coefficient (Wildman–Crippen LogP) is 3.31. The van der Waals surface area contributed by atoms with Crippen LogP contribution in [-0.2, 0) is 6.42 Å². The molecule has 4 nitrogen and oxygen atoms in total. The molecule has 0 saturated carbocycles. The number of likely N-dealkylation sites (tertiary alicyclic amines) is 1. The molecule has 21 heavy (non-hydrogen) atoms. The minimum absolute atomic E-state index is 0.155. The smallest absolute Gasteiger partial charge is 0.265 e. The van der Waals surface area contributed by atoms with Gasteiger partial charge in [-0.1, -0.05) is 0 Å². The second-order valence-electron chi connectivity index (χ2n) is 5.54. The first-order valence-corrected chi connectivity index (χ1v) is 8.95. The molecule has 112 valence electrons. The summed E-state index contributed by atoms with van der Waals surface area (Å²) in [5.74, 6) is 0.685. The van der Waals surface area contributed by atoms with E-state index in [9.17, 15) is 4.79 Å². The minimum Gasteiger partial charge on any atom is -0.338 e. The van der Waals surface area contributed by atoms with Gasteiger partial charge in [0.05, 0.1) is 15.7 Å². The molecule has 6 heteroatoms. The number of amides is 1. The standard InChI is InChI=1S/C15H19N3OS2/c1-10-14(21-11(2)17-10)15(19)18-6-3-4-12(9-18)8-13-16-5-7-20-13/h5,7,12H,3-4,6,8-9H2,1-2H3/t12-/m1/s1. The zero-order chi connectivity index (χ0) is 14.8. The van der Waals surface area contributed by atoms with E-state index < -0.39 is 0 Å². The van der Waals surface area contributed by atoms with Crippen LogP contribution in [0.4, 0.5) is 0 Å². The molecule has 1 amide bonds. The Balaban J connectivity index is 1.68. The lowest BCUT2D eigenvalue weighted by Crippen LogP contribution is -2.40. The SMILES string of the molecule is Cc1nc(C)c(C(=O)N2CCC[C@H](Cc3nccs3)C2)s1. The van der Waals surface area contributed by atoms with E-state index in [-0.39, 0.29) is 5.91 Å². The van der Waals surface area contributed by atoms with E-state index in [2.05, 4.69) is 9.97 Å². The lowest BCUT2D eigenvalue weighted by molar-refractivity contribution is 0.0677. The molecule has 1 aliphatic rings. The van der Waals surface area contributed by atoms with Gasteiger partial charge >= 0.3 is 0 Å². The summed E-state index contributed by atoms with van der Waals surface area (Å²) in [7, 11) is 0. The third kappa shape index (κ3) is 3.32. The van der Waals surface area contributed by atoms with Crippen molar-refractivity contribution in [2.75, 3.05) is 13.1 Å². The van der Waals surface area contributed by atoms with Crippen molar-refractivity contribution < 1.29 is 4.79 Å². The number of rotatable bonds is 3. The molecule has 0 unspecified atom stereocenters. The summed E-state index contributed by atoms with van der Waals surface area (Å²) in [5, 5.41) is 4.16. The van der Waals surface area contributed by atoms with Crippen LogP contribution in [0.3, 0.4) is 0 Å². The Kier molecular flexibility index (Phi) is 4.35. The number of piperidine rings is 1. The number of aromatic nitrogens is 2. The highest BCUT2D eigenvalue weighted by molar-refractivity contribution is 7.13. The van der Waals surface area contributed by atoms with Crippen molar-refractivity contribution in [2.45, 2.75) is 33.1 Å². The van der Waals surface area contributed by atoms with Crippen molar-refractivity contribution in [3.8, 4) is 0 Å². The molecular formula is C15H19N3OS2. The Labute approximate surface area is 132 Å². The number of carbonyl (C=O) groups is 1. The molecule has 1 fully saturated rings. The molecule has 0 N–H and O–H groups in total. The fourth-order valence-corrected chi connectivity index (χ4v) is 4.51. The molecule has 0 aromatic carbocycles. The summed E-state index contributed by atoms with van der Waals surface area (Å²) < 4.78 is 0. The average Bonchev–Trinajstić information content (AvgIpc) is 3.08. The Morgan fingerprint density at radius 3 is 3.00 bits per heavy atom. The normalized spacial score (nSPS) is 19.0. The molecule has 1 saturated heterocycles. The molecular weight excluding hydrogens is 302 g/mol. The molecule has 3 heterocycles. The van der Waals surface area contributed by atoms with Gasteiger partial charge in [-0.3, -0.25) is 4.79 Å².